The number of carbonyl (C=O) groups excluding carboxylic acids is 1. The maximum atomic E-state index is 11.7. The SMILES string of the molecule is CNC(C)Cc1noc(COc2ccc(N3CCCC3=O)cc2)n1. The molecule has 1 N–H and O–H groups in total. The summed E-state index contributed by atoms with van der Waals surface area (Å²) in [4.78, 5) is 17.8. The van der Waals surface area contributed by atoms with Crippen LogP contribution in [0.25, 0.3) is 0 Å². The number of hydrogen-bond acceptors (Lipinski definition) is 6. The van der Waals surface area contributed by atoms with Gasteiger partial charge < -0.3 is 19.5 Å². The van der Waals surface area contributed by atoms with Crippen molar-refractivity contribution in [3.63, 3.8) is 0 Å². The van der Waals surface area contributed by atoms with Gasteiger partial charge in [-0.2, -0.15) is 4.98 Å². The molecule has 0 bridgehead atoms. The van der Waals surface area contributed by atoms with Crippen molar-refractivity contribution in [1.29, 1.82) is 0 Å². The molecule has 0 aliphatic carbocycles. The van der Waals surface area contributed by atoms with Gasteiger partial charge in [0.1, 0.15) is 5.75 Å². The first-order valence-corrected chi connectivity index (χ1v) is 8.17. The molecule has 0 saturated carbocycles. The maximum Gasteiger partial charge on any atom is 0.264 e. The lowest BCUT2D eigenvalue weighted by Crippen LogP contribution is -2.24. The number of hydrogen-bond donors (Lipinski definition) is 1. The van der Waals surface area contributed by atoms with Crippen molar-refractivity contribution in [2.24, 2.45) is 0 Å². The molecule has 2 heterocycles. The van der Waals surface area contributed by atoms with Gasteiger partial charge in [0.15, 0.2) is 12.4 Å². The highest BCUT2D eigenvalue weighted by molar-refractivity contribution is 5.95. The van der Waals surface area contributed by atoms with E-state index in [0.717, 1.165) is 18.7 Å². The first-order valence-electron chi connectivity index (χ1n) is 8.17. The molecule has 1 aliphatic rings. The van der Waals surface area contributed by atoms with Gasteiger partial charge in [0, 0.05) is 31.1 Å². The van der Waals surface area contributed by atoms with Crippen molar-refractivity contribution in [3.05, 3.63) is 36.0 Å². The third kappa shape index (κ3) is 3.91. The summed E-state index contributed by atoms with van der Waals surface area (Å²) in [6.07, 6.45) is 2.26. The lowest BCUT2D eigenvalue weighted by molar-refractivity contribution is -0.117. The van der Waals surface area contributed by atoms with Crippen LogP contribution in [0.2, 0.25) is 0 Å². The highest BCUT2D eigenvalue weighted by atomic mass is 16.5. The minimum Gasteiger partial charge on any atom is -0.484 e. The average molecular weight is 330 g/mol. The van der Waals surface area contributed by atoms with Gasteiger partial charge in [0.2, 0.25) is 5.91 Å². The van der Waals surface area contributed by atoms with E-state index in [1.54, 1.807) is 4.90 Å². The maximum absolute atomic E-state index is 11.7. The molecule has 1 amide bonds. The van der Waals surface area contributed by atoms with E-state index >= 15 is 0 Å². The molecular formula is C17H22N4O3. The molecule has 0 spiro atoms. The molecule has 3 rings (SSSR count). The van der Waals surface area contributed by atoms with Crippen molar-refractivity contribution < 1.29 is 14.1 Å². The van der Waals surface area contributed by atoms with Crippen LogP contribution in [0.1, 0.15) is 31.5 Å². The molecule has 1 fully saturated rings. The summed E-state index contributed by atoms with van der Waals surface area (Å²) in [5.41, 5.74) is 0.908. The predicted octanol–water partition coefficient (Wildman–Crippen LogP) is 1.93. The molecule has 1 saturated heterocycles. The number of carbonyl (C=O) groups is 1. The van der Waals surface area contributed by atoms with Gasteiger partial charge in [-0.15, -0.1) is 0 Å². The van der Waals surface area contributed by atoms with Gasteiger partial charge in [0.05, 0.1) is 0 Å². The summed E-state index contributed by atoms with van der Waals surface area (Å²) < 4.78 is 10.8. The summed E-state index contributed by atoms with van der Waals surface area (Å²) >= 11 is 0. The van der Waals surface area contributed by atoms with Gasteiger partial charge in [-0.3, -0.25) is 4.79 Å². The van der Waals surface area contributed by atoms with Crippen LogP contribution in [0.3, 0.4) is 0 Å². The number of rotatable bonds is 7. The first kappa shape index (κ1) is 16.4. The van der Waals surface area contributed by atoms with Crippen LogP contribution < -0.4 is 15.0 Å². The monoisotopic (exact) mass is 330 g/mol. The first-order chi connectivity index (χ1) is 11.7. The van der Waals surface area contributed by atoms with E-state index in [1.807, 2.05) is 31.3 Å². The van der Waals surface area contributed by atoms with Crippen molar-refractivity contribution in [3.8, 4) is 5.75 Å². The Morgan fingerprint density at radius 3 is 2.83 bits per heavy atom. The van der Waals surface area contributed by atoms with Gasteiger partial charge in [-0.25, -0.2) is 0 Å². The van der Waals surface area contributed by atoms with E-state index in [1.165, 1.54) is 0 Å². The third-order valence-corrected chi connectivity index (χ3v) is 4.08. The highest BCUT2D eigenvalue weighted by Gasteiger charge is 2.21. The molecule has 2 aromatic rings. The summed E-state index contributed by atoms with van der Waals surface area (Å²) in [7, 11) is 1.90. The lowest BCUT2D eigenvalue weighted by atomic mass is 10.2. The van der Waals surface area contributed by atoms with Crippen molar-refractivity contribution in [2.45, 2.75) is 38.8 Å². The molecule has 128 valence electrons. The Morgan fingerprint density at radius 1 is 1.38 bits per heavy atom. The summed E-state index contributed by atoms with van der Waals surface area (Å²) in [6, 6.07) is 7.78. The Labute approximate surface area is 141 Å². The van der Waals surface area contributed by atoms with Crippen LogP contribution in [0.15, 0.2) is 28.8 Å². The minimum absolute atomic E-state index is 0.179. The smallest absolute Gasteiger partial charge is 0.264 e. The molecule has 24 heavy (non-hydrogen) atoms. The summed E-state index contributed by atoms with van der Waals surface area (Å²) in [6.45, 7) is 3.07. The summed E-state index contributed by atoms with van der Waals surface area (Å²) in [5.74, 6) is 2.00. The Hall–Kier alpha value is -2.41. The number of nitrogens with one attached hydrogen (secondary N) is 1. The Balaban J connectivity index is 1.54. The fourth-order valence-corrected chi connectivity index (χ4v) is 2.60. The molecule has 1 aliphatic heterocycles. The molecule has 1 aromatic carbocycles. The van der Waals surface area contributed by atoms with Crippen LogP contribution in [0.5, 0.6) is 5.75 Å². The molecule has 7 nitrogen and oxygen atoms in total. The second kappa shape index (κ2) is 7.44. The predicted molar refractivity (Wildman–Crippen MR) is 88.9 cm³/mol. The number of ether oxygens (including phenoxy) is 1. The van der Waals surface area contributed by atoms with Crippen molar-refractivity contribution in [2.75, 3.05) is 18.5 Å². The quantitative estimate of drug-likeness (QED) is 0.835. The zero-order chi connectivity index (χ0) is 16.9. The van der Waals surface area contributed by atoms with E-state index in [9.17, 15) is 4.79 Å². The fourth-order valence-electron chi connectivity index (χ4n) is 2.60. The molecule has 1 aromatic heterocycles. The van der Waals surface area contributed by atoms with Gasteiger partial charge in [-0.05, 0) is 44.7 Å². The molecule has 1 atom stereocenters. The van der Waals surface area contributed by atoms with Crippen LogP contribution in [-0.2, 0) is 17.8 Å². The fraction of sp³-hybridized carbons (Fsp3) is 0.471. The second-order valence-corrected chi connectivity index (χ2v) is 5.93. The van der Waals surface area contributed by atoms with E-state index in [2.05, 4.69) is 22.4 Å². The van der Waals surface area contributed by atoms with Gasteiger partial charge in [0.25, 0.3) is 5.89 Å². The molecular weight excluding hydrogens is 308 g/mol. The number of aromatic nitrogens is 2. The van der Waals surface area contributed by atoms with E-state index in [-0.39, 0.29) is 18.6 Å². The summed E-state index contributed by atoms with van der Waals surface area (Å²) in [5, 5.41) is 7.07. The van der Waals surface area contributed by atoms with Crippen LogP contribution in [-0.4, -0.2) is 35.7 Å². The number of likely N-dealkylation sites (N-methyl/N-ethyl adjacent to an activating group) is 1. The Morgan fingerprint density at radius 2 is 2.17 bits per heavy atom. The largest absolute Gasteiger partial charge is 0.484 e. The Kier molecular flexibility index (Phi) is 5.10. The lowest BCUT2D eigenvalue weighted by Gasteiger charge is -2.15. The highest BCUT2D eigenvalue weighted by Crippen LogP contribution is 2.24. The van der Waals surface area contributed by atoms with Gasteiger partial charge in [-0.1, -0.05) is 5.16 Å². The van der Waals surface area contributed by atoms with Crippen LogP contribution >= 0.6 is 0 Å². The van der Waals surface area contributed by atoms with Crippen LogP contribution in [0, 0.1) is 0 Å². The van der Waals surface area contributed by atoms with Gasteiger partial charge >= 0.3 is 0 Å². The number of anilines is 1. The third-order valence-electron chi connectivity index (χ3n) is 4.08. The molecule has 0 radical (unpaired) electrons. The van der Waals surface area contributed by atoms with E-state index in [0.29, 0.717) is 30.3 Å². The number of nitrogens with zero attached hydrogens (tertiary/aromatic N) is 3. The standard InChI is InChI=1S/C17H22N4O3/c1-12(18-2)10-15-19-16(24-20-15)11-23-14-7-5-13(6-8-14)21-9-3-4-17(21)22/h5-8,12,18H,3-4,9-11H2,1-2H3. The topological polar surface area (TPSA) is 80.5 Å². The Bertz CT molecular complexity index is 683. The van der Waals surface area contributed by atoms with Crippen LogP contribution in [0.4, 0.5) is 5.69 Å². The number of amides is 1. The van der Waals surface area contributed by atoms with E-state index in [4.69, 9.17) is 9.26 Å². The second-order valence-electron chi connectivity index (χ2n) is 5.93. The molecule has 1 unspecified atom stereocenters. The zero-order valence-corrected chi connectivity index (χ0v) is 14.0. The normalized spacial score (nSPS) is 15.8. The minimum atomic E-state index is 0.179. The molecule has 7 heteroatoms. The zero-order valence-electron chi connectivity index (χ0n) is 14.0. The van der Waals surface area contributed by atoms with Crippen molar-refractivity contribution in [1.82, 2.24) is 15.5 Å². The van der Waals surface area contributed by atoms with E-state index < -0.39 is 0 Å². The number of benzene rings is 1. The van der Waals surface area contributed by atoms with Crippen molar-refractivity contribution >= 4 is 11.6 Å². The average Bonchev–Trinajstić information content (AvgIpc) is 3.22.